The molecule has 78 valence electrons. The van der Waals surface area contributed by atoms with E-state index in [1.165, 1.54) is 28.3 Å². The lowest BCUT2D eigenvalue weighted by Gasteiger charge is -2.06. The van der Waals surface area contributed by atoms with E-state index >= 15 is 0 Å². The van der Waals surface area contributed by atoms with Crippen LogP contribution in [0.1, 0.15) is 30.2 Å². The number of rotatable bonds is 2. The number of pyridine rings is 1. The second kappa shape index (κ2) is 4.01. The van der Waals surface area contributed by atoms with E-state index in [9.17, 15) is 0 Å². The smallest absolute Gasteiger partial charge is 0.0379 e. The molecule has 0 amide bonds. The molecule has 0 N–H and O–H groups in total. The lowest BCUT2D eigenvalue weighted by atomic mass is 10.0. The standard InChI is InChI=1S/C14H17N/c1-4-5-12-6-10(2)14-9-15-11(3)7-13(14)8-12/h6-9H,4-5H2,1-3H3. The second-order valence-electron chi connectivity index (χ2n) is 4.21. The van der Waals surface area contributed by atoms with E-state index in [1.54, 1.807) is 0 Å². The van der Waals surface area contributed by atoms with Crippen LogP contribution in [0.5, 0.6) is 0 Å². The molecular formula is C14H17N. The highest BCUT2D eigenvalue weighted by Crippen LogP contribution is 2.21. The molecule has 1 heteroatoms. The summed E-state index contributed by atoms with van der Waals surface area (Å²) in [6.07, 6.45) is 4.35. The number of nitrogens with zero attached hydrogens (tertiary/aromatic N) is 1. The molecule has 2 aromatic rings. The molecule has 0 atom stereocenters. The molecule has 15 heavy (non-hydrogen) atoms. The van der Waals surface area contributed by atoms with Gasteiger partial charge in [-0.1, -0.05) is 25.5 Å². The van der Waals surface area contributed by atoms with Crippen LogP contribution in [0.3, 0.4) is 0 Å². The van der Waals surface area contributed by atoms with Gasteiger partial charge in [-0.3, -0.25) is 4.98 Å². The van der Waals surface area contributed by atoms with Crippen LogP contribution in [0.2, 0.25) is 0 Å². The van der Waals surface area contributed by atoms with Crippen LogP contribution in [-0.4, -0.2) is 4.98 Å². The molecule has 1 nitrogen and oxygen atoms in total. The number of fused-ring (bicyclic) bond motifs is 1. The minimum atomic E-state index is 1.09. The Bertz CT molecular complexity index is 486. The van der Waals surface area contributed by atoms with Crippen molar-refractivity contribution in [3.05, 3.63) is 41.2 Å². The molecule has 0 spiro atoms. The predicted octanol–water partition coefficient (Wildman–Crippen LogP) is 3.80. The monoisotopic (exact) mass is 199 g/mol. The maximum atomic E-state index is 4.34. The fourth-order valence-corrected chi connectivity index (χ4v) is 2.06. The molecule has 0 unspecified atom stereocenters. The van der Waals surface area contributed by atoms with Crippen molar-refractivity contribution >= 4 is 10.8 Å². The molecule has 0 aliphatic heterocycles. The van der Waals surface area contributed by atoms with Gasteiger partial charge in [0.2, 0.25) is 0 Å². The number of aromatic nitrogens is 1. The number of benzene rings is 1. The quantitative estimate of drug-likeness (QED) is 0.716. The molecule has 0 bridgehead atoms. The van der Waals surface area contributed by atoms with Crippen molar-refractivity contribution in [3.8, 4) is 0 Å². The van der Waals surface area contributed by atoms with Gasteiger partial charge in [-0.2, -0.15) is 0 Å². The highest BCUT2D eigenvalue weighted by molar-refractivity contribution is 5.85. The van der Waals surface area contributed by atoms with E-state index in [0.717, 1.165) is 12.1 Å². The molecule has 0 fully saturated rings. The Kier molecular flexibility index (Phi) is 2.72. The SMILES string of the molecule is CCCc1cc(C)c2cnc(C)cc2c1. The summed E-state index contributed by atoms with van der Waals surface area (Å²) >= 11 is 0. The van der Waals surface area contributed by atoms with Gasteiger partial charge in [0.25, 0.3) is 0 Å². The van der Waals surface area contributed by atoms with Crippen LogP contribution in [0.25, 0.3) is 10.8 Å². The Morgan fingerprint density at radius 3 is 2.67 bits per heavy atom. The lowest BCUT2D eigenvalue weighted by Crippen LogP contribution is -1.89. The van der Waals surface area contributed by atoms with Crippen molar-refractivity contribution < 1.29 is 0 Å². The summed E-state index contributed by atoms with van der Waals surface area (Å²) in [7, 11) is 0. The van der Waals surface area contributed by atoms with Gasteiger partial charge < -0.3 is 0 Å². The number of hydrogen-bond acceptors (Lipinski definition) is 1. The van der Waals surface area contributed by atoms with E-state index < -0.39 is 0 Å². The Morgan fingerprint density at radius 1 is 1.13 bits per heavy atom. The van der Waals surface area contributed by atoms with Crippen LogP contribution in [-0.2, 0) is 6.42 Å². The molecular weight excluding hydrogens is 182 g/mol. The van der Waals surface area contributed by atoms with Crippen LogP contribution in [0, 0.1) is 13.8 Å². The Morgan fingerprint density at radius 2 is 1.93 bits per heavy atom. The zero-order valence-electron chi connectivity index (χ0n) is 9.67. The van der Waals surface area contributed by atoms with Crippen LogP contribution >= 0.6 is 0 Å². The topological polar surface area (TPSA) is 12.9 Å². The van der Waals surface area contributed by atoms with Gasteiger partial charge in [-0.15, -0.1) is 0 Å². The molecule has 1 aromatic heterocycles. The second-order valence-corrected chi connectivity index (χ2v) is 4.21. The van der Waals surface area contributed by atoms with Gasteiger partial charge in [-0.05, 0) is 42.8 Å². The highest BCUT2D eigenvalue weighted by Gasteiger charge is 2.01. The first-order chi connectivity index (χ1) is 7.20. The van der Waals surface area contributed by atoms with Crippen molar-refractivity contribution in [2.45, 2.75) is 33.6 Å². The molecule has 0 radical (unpaired) electrons. The largest absolute Gasteiger partial charge is 0.261 e. The third kappa shape index (κ3) is 2.01. The Labute approximate surface area is 91.2 Å². The summed E-state index contributed by atoms with van der Waals surface area (Å²) in [5.74, 6) is 0. The van der Waals surface area contributed by atoms with E-state index in [2.05, 4.69) is 37.0 Å². The van der Waals surface area contributed by atoms with Gasteiger partial charge in [0.15, 0.2) is 0 Å². The summed E-state index contributed by atoms with van der Waals surface area (Å²) in [6.45, 7) is 6.43. The zero-order valence-corrected chi connectivity index (χ0v) is 9.67. The fourth-order valence-electron chi connectivity index (χ4n) is 2.06. The van der Waals surface area contributed by atoms with Crippen LogP contribution in [0.15, 0.2) is 24.4 Å². The maximum Gasteiger partial charge on any atom is 0.0379 e. The van der Waals surface area contributed by atoms with Gasteiger partial charge >= 0.3 is 0 Å². The van der Waals surface area contributed by atoms with E-state index in [4.69, 9.17) is 0 Å². The first-order valence-corrected chi connectivity index (χ1v) is 5.56. The number of hydrogen-bond donors (Lipinski definition) is 0. The van der Waals surface area contributed by atoms with Crippen molar-refractivity contribution in [3.63, 3.8) is 0 Å². The number of aryl methyl sites for hydroxylation is 3. The van der Waals surface area contributed by atoms with Crippen molar-refractivity contribution in [1.29, 1.82) is 0 Å². The summed E-state index contributed by atoms with van der Waals surface area (Å²) < 4.78 is 0. The van der Waals surface area contributed by atoms with Crippen molar-refractivity contribution in [2.24, 2.45) is 0 Å². The summed E-state index contributed by atoms with van der Waals surface area (Å²) in [6, 6.07) is 6.74. The normalized spacial score (nSPS) is 10.9. The van der Waals surface area contributed by atoms with Gasteiger partial charge in [0, 0.05) is 17.3 Å². The van der Waals surface area contributed by atoms with E-state index in [0.29, 0.717) is 0 Å². The Balaban J connectivity index is 2.63. The van der Waals surface area contributed by atoms with Crippen molar-refractivity contribution in [1.82, 2.24) is 4.98 Å². The zero-order chi connectivity index (χ0) is 10.8. The van der Waals surface area contributed by atoms with Gasteiger partial charge in [-0.25, -0.2) is 0 Å². The minimum absolute atomic E-state index is 1.09. The molecule has 1 heterocycles. The predicted molar refractivity (Wildman–Crippen MR) is 65.2 cm³/mol. The lowest BCUT2D eigenvalue weighted by molar-refractivity contribution is 0.922. The molecule has 0 aliphatic rings. The third-order valence-corrected chi connectivity index (χ3v) is 2.78. The molecule has 0 saturated carbocycles. The maximum absolute atomic E-state index is 4.34. The molecule has 2 rings (SSSR count). The first kappa shape index (κ1) is 10.2. The van der Waals surface area contributed by atoms with E-state index in [1.807, 2.05) is 13.1 Å². The fraction of sp³-hybridized carbons (Fsp3) is 0.357. The van der Waals surface area contributed by atoms with Crippen LogP contribution in [0.4, 0.5) is 0 Å². The average Bonchev–Trinajstić information content (AvgIpc) is 2.17. The summed E-state index contributed by atoms with van der Waals surface area (Å²) in [5.41, 5.74) is 3.87. The van der Waals surface area contributed by atoms with Crippen molar-refractivity contribution in [2.75, 3.05) is 0 Å². The summed E-state index contributed by atoms with van der Waals surface area (Å²) in [4.78, 5) is 4.34. The average molecular weight is 199 g/mol. The van der Waals surface area contributed by atoms with Gasteiger partial charge in [0.05, 0.1) is 0 Å². The minimum Gasteiger partial charge on any atom is -0.261 e. The van der Waals surface area contributed by atoms with E-state index in [-0.39, 0.29) is 0 Å². The molecule has 1 aromatic carbocycles. The Hall–Kier alpha value is -1.37. The molecule has 0 saturated heterocycles. The summed E-state index contributed by atoms with van der Waals surface area (Å²) in [5, 5.41) is 2.60. The van der Waals surface area contributed by atoms with Crippen LogP contribution < -0.4 is 0 Å². The van der Waals surface area contributed by atoms with Gasteiger partial charge in [0.1, 0.15) is 0 Å². The third-order valence-electron chi connectivity index (χ3n) is 2.78. The molecule has 0 aliphatic carbocycles. The highest BCUT2D eigenvalue weighted by atomic mass is 14.7. The first-order valence-electron chi connectivity index (χ1n) is 5.56.